The molecule has 0 heterocycles. The van der Waals surface area contributed by atoms with Crippen molar-refractivity contribution in [2.24, 2.45) is 0 Å². The van der Waals surface area contributed by atoms with E-state index in [4.69, 9.17) is 9.47 Å². The number of carbonyl (C=O) groups is 3. The maximum atomic E-state index is 12.3. The molecule has 0 radical (unpaired) electrons. The van der Waals surface area contributed by atoms with Gasteiger partial charge in [-0.25, -0.2) is 9.59 Å². The summed E-state index contributed by atoms with van der Waals surface area (Å²) in [4.78, 5) is 35.9. The van der Waals surface area contributed by atoms with Gasteiger partial charge in [-0.2, -0.15) is 13.2 Å². The van der Waals surface area contributed by atoms with Crippen LogP contribution in [0, 0.1) is 0 Å². The Morgan fingerprint density at radius 2 is 1.69 bits per heavy atom. The minimum absolute atomic E-state index is 0.0631. The Morgan fingerprint density at radius 1 is 1.07 bits per heavy atom. The molecule has 0 unspecified atom stereocenters. The Balaban J connectivity index is 2.67. The second kappa shape index (κ2) is 10.7. The first-order chi connectivity index (χ1) is 13.4. The molecule has 0 saturated heterocycles. The minimum Gasteiger partial charge on any atom is -0.459 e. The molecule has 162 valence electrons. The van der Waals surface area contributed by atoms with E-state index in [0.29, 0.717) is 5.56 Å². The number of benzene rings is 1. The molecule has 0 aromatic heterocycles. The first-order valence-corrected chi connectivity index (χ1v) is 8.89. The van der Waals surface area contributed by atoms with Gasteiger partial charge in [-0.15, -0.1) is 0 Å². The van der Waals surface area contributed by atoms with Gasteiger partial charge in [0.1, 0.15) is 24.8 Å². The molecule has 2 amide bonds. The highest BCUT2D eigenvalue weighted by Crippen LogP contribution is 2.13. The van der Waals surface area contributed by atoms with Crippen molar-refractivity contribution in [1.82, 2.24) is 10.6 Å². The van der Waals surface area contributed by atoms with E-state index in [1.165, 1.54) is 0 Å². The zero-order valence-electron chi connectivity index (χ0n) is 16.5. The van der Waals surface area contributed by atoms with Gasteiger partial charge in [0.25, 0.3) is 0 Å². The second-order valence-electron chi connectivity index (χ2n) is 7.22. The highest BCUT2D eigenvalue weighted by Gasteiger charge is 2.29. The zero-order valence-corrected chi connectivity index (χ0v) is 16.5. The number of ether oxygens (including phenoxy) is 2. The minimum atomic E-state index is -4.54. The lowest BCUT2D eigenvalue weighted by Gasteiger charge is -2.23. The molecule has 1 aromatic carbocycles. The Labute approximate surface area is 166 Å². The van der Waals surface area contributed by atoms with Gasteiger partial charge in [-0.1, -0.05) is 30.3 Å². The molecule has 0 aliphatic rings. The summed E-state index contributed by atoms with van der Waals surface area (Å²) in [5.41, 5.74) is -0.119. The van der Waals surface area contributed by atoms with E-state index in [-0.39, 0.29) is 13.0 Å². The number of hydrogen-bond acceptors (Lipinski definition) is 5. The molecule has 0 spiro atoms. The molecule has 29 heavy (non-hydrogen) atoms. The number of alkyl carbamates (subject to hydrolysis) is 1. The van der Waals surface area contributed by atoms with Gasteiger partial charge in [0.15, 0.2) is 0 Å². The third-order valence-corrected chi connectivity index (χ3v) is 3.35. The molecule has 0 aliphatic carbocycles. The number of amides is 2. The van der Waals surface area contributed by atoms with Gasteiger partial charge in [-0.05, 0) is 32.8 Å². The van der Waals surface area contributed by atoms with E-state index < -0.39 is 48.8 Å². The van der Waals surface area contributed by atoms with Crippen molar-refractivity contribution in [3.8, 4) is 0 Å². The first kappa shape index (κ1) is 24.3. The average Bonchev–Trinajstić information content (AvgIpc) is 2.60. The third-order valence-electron chi connectivity index (χ3n) is 3.35. The van der Waals surface area contributed by atoms with E-state index in [9.17, 15) is 27.6 Å². The summed E-state index contributed by atoms with van der Waals surface area (Å²) in [7, 11) is 0. The lowest BCUT2D eigenvalue weighted by molar-refractivity contribution is -0.148. The summed E-state index contributed by atoms with van der Waals surface area (Å²) in [5.74, 6) is -1.74. The molecular formula is C19H25F3N2O5. The van der Waals surface area contributed by atoms with Crippen LogP contribution in [0.2, 0.25) is 0 Å². The molecule has 0 fully saturated rings. The van der Waals surface area contributed by atoms with Gasteiger partial charge < -0.3 is 20.1 Å². The smallest absolute Gasteiger partial charge is 0.408 e. The van der Waals surface area contributed by atoms with Crippen molar-refractivity contribution >= 4 is 18.0 Å². The van der Waals surface area contributed by atoms with E-state index >= 15 is 0 Å². The normalized spacial score (nSPS) is 12.6. The molecule has 7 nitrogen and oxygen atoms in total. The molecular weight excluding hydrogens is 393 g/mol. The lowest BCUT2D eigenvalue weighted by atomic mass is 10.1. The van der Waals surface area contributed by atoms with Gasteiger partial charge in [-0.3, -0.25) is 4.79 Å². The highest BCUT2D eigenvalue weighted by molar-refractivity contribution is 5.83. The summed E-state index contributed by atoms with van der Waals surface area (Å²) < 4.78 is 46.7. The third kappa shape index (κ3) is 11.6. The Bertz CT molecular complexity index is 687. The highest BCUT2D eigenvalue weighted by atomic mass is 19.4. The van der Waals surface area contributed by atoms with Gasteiger partial charge in [0.05, 0.1) is 0 Å². The quantitative estimate of drug-likeness (QED) is 0.633. The van der Waals surface area contributed by atoms with Crippen LogP contribution in [0.4, 0.5) is 18.0 Å². The first-order valence-electron chi connectivity index (χ1n) is 8.89. The van der Waals surface area contributed by atoms with Crippen LogP contribution in [0.1, 0.15) is 39.2 Å². The van der Waals surface area contributed by atoms with E-state index in [0.717, 1.165) is 0 Å². The predicted molar refractivity (Wildman–Crippen MR) is 97.7 cm³/mol. The van der Waals surface area contributed by atoms with E-state index in [1.54, 1.807) is 56.4 Å². The lowest BCUT2D eigenvalue weighted by Crippen LogP contribution is -2.45. The zero-order chi connectivity index (χ0) is 22.1. The van der Waals surface area contributed by atoms with Crippen LogP contribution in [0.15, 0.2) is 30.3 Å². The summed E-state index contributed by atoms with van der Waals surface area (Å²) >= 11 is 0. The topological polar surface area (TPSA) is 93.7 Å². The number of halogens is 3. The Morgan fingerprint density at radius 3 is 2.24 bits per heavy atom. The fraction of sp³-hybridized carbons (Fsp3) is 0.526. The van der Waals surface area contributed by atoms with Gasteiger partial charge >= 0.3 is 18.2 Å². The molecule has 1 atom stereocenters. The van der Waals surface area contributed by atoms with Crippen molar-refractivity contribution in [2.45, 2.75) is 58.0 Å². The summed E-state index contributed by atoms with van der Waals surface area (Å²) in [6.45, 7) is 3.33. The summed E-state index contributed by atoms with van der Waals surface area (Å²) in [5, 5.41) is 4.01. The fourth-order valence-electron chi connectivity index (χ4n) is 2.09. The fourth-order valence-corrected chi connectivity index (χ4v) is 2.09. The van der Waals surface area contributed by atoms with Crippen LogP contribution in [0.25, 0.3) is 0 Å². The van der Waals surface area contributed by atoms with Gasteiger partial charge in [0, 0.05) is 6.42 Å². The van der Waals surface area contributed by atoms with Crippen LogP contribution in [-0.2, 0) is 25.7 Å². The molecule has 10 heteroatoms. The number of esters is 1. The molecule has 1 aromatic rings. The van der Waals surface area contributed by atoms with E-state index in [2.05, 4.69) is 5.32 Å². The van der Waals surface area contributed by atoms with Crippen molar-refractivity contribution in [3.05, 3.63) is 35.9 Å². The maximum Gasteiger partial charge on any atom is 0.408 e. The second-order valence-corrected chi connectivity index (χ2v) is 7.22. The van der Waals surface area contributed by atoms with Crippen LogP contribution in [0.5, 0.6) is 0 Å². The van der Waals surface area contributed by atoms with Crippen molar-refractivity contribution in [1.29, 1.82) is 0 Å². The van der Waals surface area contributed by atoms with Crippen LogP contribution < -0.4 is 10.6 Å². The Kier molecular flexibility index (Phi) is 8.93. The number of hydrogen-bond donors (Lipinski definition) is 2. The van der Waals surface area contributed by atoms with Crippen molar-refractivity contribution in [3.63, 3.8) is 0 Å². The molecule has 0 bridgehead atoms. The van der Waals surface area contributed by atoms with Crippen LogP contribution in [0.3, 0.4) is 0 Å². The predicted octanol–water partition coefficient (Wildman–Crippen LogP) is 3.08. The SMILES string of the molecule is CC(C)(C)OC(=O)N[C@@H](CCC(=O)NCC(F)(F)F)C(=O)OCc1ccccc1. The molecule has 2 N–H and O–H groups in total. The molecule has 0 saturated carbocycles. The summed E-state index contributed by atoms with van der Waals surface area (Å²) in [6, 6.07) is 7.50. The number of rotatable bonds is 8. The Hall–Kier alpha value is -2.78. The van der Waals surface area contributed by atoms with E-state index in [1.807, 2.05) is 0 Å². The largest absolute Gasteiger partial charge is 0.459 e. The number of nitrogens with one attached hydrogen (secondary N) is 2. The van der Waals surface area contributed by atoms with Crippen molar-refractivity contribution in [2.75, 3.05) is 6.54 Å². The maximum absolute atomic E-state index is 12.3. The van der Waals surface area contributed by atoms with Gasteiger partial charge in [0.2, 0.25) is 5.91 Å². The van der Waals surface area contributed by atoms with Crippen LogP contribution >= 0.6 is 0 Å². The van der Waals surface area contributed by atoms with Crippen LogP contribution in [-0.4, -0.2) is 42.3 Å². The average molecular weight is 418 g/mol. The molecule has 0 aliphatic heterocycles. The van der Waals surface area contributed by atoms with Crippen molar-refractivity contribution < 1.29 is 37.0 Å². The standard InChI is InChI=1S/C19H25F3N2O5/c1-18(2,3)29-17(27)24-14(9-10-15(25)23-12-19(20,21)22)16(26)28-11-13-7-5-4-6-8-13/h4-8,14H,9-12H2,1-3H3,(H,23,25)(H,24,27)/t14-/m0/s1. The molecule has 1 rings (SSSR count). The monoisotopic (exact) mass is 418 g/mol. The summed E-state index contributed by atoms with van der Waals surface area (Å²) in [6.07, 6.45) is -6.12. The number of alkyl halides is 3. The number of carbonyl (C=O) groups excluding carboxylic acids is 3.